The molecule has 0 aliphatic rings. The standard InChI is InChI=1S/C12H12F5NO2/c1-3-20-9(19)4-8-10(11(13)14)6(2)7(5-18-8)12(15,16)17/h5,11H,3-4H2,1-2H3. The average Bonchev–Trinajstić information content (AvgIpc) is 2.26. The Balaban J connectivity index is 3.27. The van der Waals surface area contributed by atoms with Crippen LogP contribution in [0.3, 0.4) is 0 Å². The van der Waals surface area contributed by atoms with Gasteiger partial charge in [-0.25, -0.2) is 8.78 Å². The summed E-state index contributed by atoms with van der Waals surface area (Å²) >= 11 is 0. The first-order chi connectivity index (χ1) is 9.18. The Hall–Kier alpha value is -1.73. The number of carbonyl (C=O) groups is 1. The van der Waals surface area contributed by atoms with Gasteiger partial charge in [0.15, 0.2) is 0 Å². The molecule has 1 aromatic heterocycles. The highest BCUT2D eigenvalue weighted by atomic mass is 19.4. The van der Waals surface area contributed by atoms with E-state index in [-0.39, 0.29) is 6.61 Å². The predicted molar refractivity (Wildman–Crippen MR) is 59.3 cm³/mol. The Labute approximate surface area is 111 Å². The third kappa shape index (κ3) is 3.64. The molecule has 1 aromatic rings. The summed E-state index contributed by atoms with van der Waals surface area (Å²) in [6.45, 7) is 2.50. The molecule has 0 atom stereocenters. The maximum Gasteiger partial charge on any atom is 0.418 e. The van der Waals surface area contributed by atoms with Crippen LogP contribution in [0.4, 0.5) is 22.0 Å². The Kier molecular flexibility index (Phi) is 5.02. The maximum atomic E-state index is 12.9. The molecule has 0 aromatic carbocycles. The number of alkyl halides is 5. The van der Waals surface area contributed by atoms with Gasteiger partial charge in [-0.2, -0.15) is 13.2 Å². The van der Waals surface area contributed by atoms with Crippen LogP contribution in [-0.2, 0) is 22.1 Å². The van der Waals surface area contributed by atoms with Crippen molar-refractivity contribution in [3.63, 3.8) is 0 Å². The summed E-state index contributed by atoms with van der Waals surface area (Å²) in [7, 11) is 0. The molecule has 0 saturated carbocycles. The molecule has 0 saturated heterocycles. The molecule has 0 spiro atoms. The van der Waals surface area contributed by atoms with E-state index in [9.17, 15) is 26.7 Å². The quantitative estimate of drug-likeness (QED) is 0.631. The van der Waals surface area contributed by atoms with Crippen LogP contribution in [0.15, 0.2) is 6.20 Å². The van der Waals surface area contributed by atoms with Crippen molar-refractivity contribution in [3.8, 4) is 0 Å². The molecule has 0 amide bonds. The van der Waals surface area contributed by atoms with E-state index in [0.717, 1.165) is 6.92 Å². The first kappa shape index (κ1) is 16.3. The minimum absolute atomic E-state index is 0.0441. The third-order valence-electron chi connectivity index (χ3n) is 2.61. The lowest BCUT2D eigenvalue weighted by Crippen LogP contribution is -2.16. The number of esters is 1. The Morgan fingerprint density at radius 1 is 1.40 bits per heavy atom. The van der Waals surface area contributed by atoms with Gasteiger partial charge in [0.05, 0.1) is 24.3 Å². The van der Waals surface area contributed by atoms with Gasteiger partial charge in [0.25, 0.3) is 6.43 Å². The number of aromatic nitrogens is 1. The van der Waals surface area contributed by atoms with E-state index in [1.54, 1.807) is 0 Å². The second-order valence-corrected chi connectivity index (χ2v) is 3.94. The molecule has 0 unspecified atom stereocenters. The molecular weight excluding hydrogens is 285 g/mol. The molecule has 0 N–H and O–H groups in total. The number of hydrogen-bond donors (Lipinski definition) is 0. The topological polar surface area (TPSA) is 39.2 Å². The van der Waals surface area contributed by atoms with Gasteiger partial charge >= 0.3 is 12.1 Å². The van der Waals surface area contributed by atoms with Gasteiger partial charge in [-0.1, -0.05) is 0 Å². The summed E-state index contributed by atoms with van der Waals surface area (Å²) in [6.07, 6.45) is -8.07. The SMILES string of the molecule is CCOC(=O)Cc1ncc(C(F)(F)F)c(C)c1C(F)F. The highest BCUT2D eigenvalue weighted by Crippen LogP contribution is 2.36. The van der Waals surface area contributed by atoms with Gasteiger partial charge in [-0.15, -0.1) is 0 Å². The zero-order valence-corrected chi connectivity index (χ0v) is 10.7. The number of rotatable bonds is 4. The van der Waals surface area contributed by atoms with Gasteiger partial charge in [0.1, 0.15) is 0 Å². The van der Waals surface area contributed by atoms with Crippen LogP contribution in [0.25, 0.3) is 0 Å². The van der Waals surface area contributed by atoms with E-state index in [1.807, 2.05) is 0 Å². The molecule has 0 fully saturated rings. The van der Waals surface area contributed by atoms with Gasteiger partial charge in [-0.05, 0) is 19.4 Å². The Morgan fingerprint density at radius 3 is 2.45 bits per heavy atom. The van der Waals surface area contributed by atoms with Gasteiger partial charge in [0, 0.05) is 11.8 Å². The highest BCUT2D eigenvalue weighted by Gasteiger charge is 2.36. The molecular formula is C12H12F5NO2. The second-order valence-electron chi connectivity index (χ2n) is 3.94. The van der Waals surface area contributed by atoms with Crippen LogP contribution in [-0.4, -0.2) is 17.6 Å². The first-order valence-corrected chi connectivity index (χ1v) is 5.67. The normalized spacial score (nSPS) is 11.8. The number of ether oxygens (including phenoxy) is 1. The molecule has 0 bridgehead atoms. The fourth-order valence-electron chi connectivity index (χ4n) is 1.74. The van der Waals surface area contributed by atoms with Crippen molar-refractivity contribution in [2.24, 2.45) is 0 Å². The van der Waals surface area contributed by atoms with E-state index < -0.39 is 47.4 Å². The monoisotopic (exact) mass is 297 g/mol. The van der Waals surface area contributed by atoms with Crippen molar-refractivity contribution in [2.45, 2.75) is 32.9 Å². The lowest BCUT2D eigenvalue weighted by atomic mass is 10.0. The molecule has 112 valence electrons. The van der Waals surface area contributed by atoms with Crippen LogP contribution < -0.4 is 0 Å². The second kappa shape index (κ2) is 6.15. The minimum atomic E-state index is -4.77. The predicted octanol–water partition coefficient (Wildman–Crippen LogP) is 3.45. The van der Waals surface area contributed by atoms with E-state index in [2.05, 4.69) is 9.72 Å². The maximum absolute atomic E-state index is 12.9. The number of pyridine rings is 1. The minimum Gasteiger partial charge on any atom is -0.466 e. The van der Waals surface area contributed by atoms with Crippen LogP contribution in [0.2, 0.25) is 0 Å². The van der Waals surface area contributed by atoms with Crippen molar-refractivity contribution >= 4 is 5.97 Å². The Morgan fingerprint density at radius 2 is 2.00 bits per heavy atom. The lowest BCUT2D eigenvalue weighted by Gasteiger charge is -2.16. The van der Waals surface area contributed by atoms with Crippen molar-refractivity contribution in [3.05, 3.63) is 28.6 Å². The van der Waals surface area contributed by atoms with E-state index in [0.29, 0.717) is 6.20 Å². The van der Waals surface area contributed by atoms with E-state index in [1.165, 1.54) is 6.92 Å². The van der Waals surface area contributed by atoms with Crippen molar-refractivity contribution in [1.29, 1.82) is 0 Å². The van der Waals surface area contributed by atoms with Crippen LogP contribution in [0.1, 0.15) is 35.7 Å². The summed E-state index contributed by atoms with van der Waals surface area (Å²) in [5.74, 6) is -0.818. The van der Waals surface area contributed by atoms with Crippen LogP contribution >= 0.6 is 0 Å². The summed E-state index contributed by atoms with van der Waals surface area (Å²) < 4.78 is 68.3. The highest BCUT2D eigenvalue weighted by molar-refractivity contribution is 5.72. The molecule has 0 aliphatic heterocycles. The van der Waals surface area contributed by atoms with Crippen LogP contribution in [0, 0.1) is 6.92 Å². The zero-order chi connectivity index (χ0) is 15.5. The fraction of sp³-hybridized carbons (Fsp3) is 0.500. The molecule has 3 nitrogen and oxygen atoms in total. The van der Waals surface area contributed by atoms with Gasteiger partial charge in [0.2, 0.25) is 0 Å². The van der Waals surface area contributed by atoms with Crippen molar-refractivity contribution in [2.75, 3.05) is 6.61 Å². The zero-order valence-electron chi connectivity index (χ0n) is 10.7. The Bertz CT molecular complexity index is 499. The molecule has 1 rings (SSSR count). The molecule has 8 heteroatoms. The van der Waals surface area contributed by atoms with Crippen LogP contribution in [0.5, 0.6) is 0 Å². The number of carbonyl (C=O) groups excluding carboxylic acids is 1. The summed E-state index contributed by atoms with van der Waals surface area (Å²) in [5, 5.41) is 0. The molecule has 20 heavy (non-hydrogen) atoms. The number of halogens is 5. The first-order valence-electron chi connectivity index (χ1n) is 5.67. The fourth-order valence-corrected chi connectivity index (χ4v) is 1.74. The van der Waals surface area contributed by atoms with Gasteiger partial charge < -0.3 is 4.74 Å². The number of nitrogens with zero attached hydrogens (tertiary/aromatic N) is 1. The molecule has 1 heterocycles. The van der Waals surface area contributed by atoms with Gasteiger partial charge in [-0.3, -0.25) is 9.78 Å². The third-order valence-corrected chi connectivity index (χ3v) is 2.61. The molecule has 0 radical (unpaired) electrons. The van der Waals surface area contributed by atoms with E-state index in [4.69, 9.17) is 0 Å². The summed E-state index contributed by atoms with van der Waals surface area (Å²) in [5.41, 5.74) is -3.13. The van der Waals surface area contributed by atoms with Crippen molar-refractivity contribution < 1.29 is 31.5 Å². The largest absolute Gasteiger partial charge is 0.466 e. The summed E-state index contributed by atoms with van der Waals surface area (Å²) in [6, 6.07) is 0. The van der Waals surface area contributed by atoms with Crippen molar-refractivity contribution in [1.82, 2.24) is 4.98 Å². The molecule has 0 aliphatic carbocycles. The summed E-state index contributed by atoms with van der Waals surface area (Å²) in [4.78, 5) is 14.6. The average molecular weight is 297 g/mol. The number of hydrogen-bond acceptors (Lipinski definition) is 3. The smallest absolute Gasteiger partial charge is 0.418 e. The lowest BCUT2D eigenvalue weighted by molar-refractivity contribution is -0.142. The van der Waals surface area contributed by atoms with E-state index >= 15 is 0 Å².